The molecule has 2 aromatic rings. The highest BCUT2D eigenvalue weighted by Crippen LogP contribution is 2.39. The minimum atomic E-state index is -5.22. The van der Waals surface area contributed by atoms with Gasteiger partial charge in [0, 0.05) is 23.2 Å². The molecule has 39 heavy (non-hydrogen) atoms. The number of Topliss-reactive ketones (excluding diaryl/α,β-unsaturated/α-hetero) is 1. The van der Waals surface area contributed by atoms with Gasteiger partial charge in [-0.1, -0.05) is 20.8 Å². The third-order valence-electron chi connectivity index (χ3n) is 6.02. The number of amidine groups is 1. The molecule has 2 N–H and O–H groups in total. The zero-order valence-electron chi connectivity index (χ0n) is 22.2. The fraction of sp³-hybridized carbons (Fsp3) is 0.444. The quantitative estimate of drug-likeness (QED) is 0.247. The van der Waals surface area contributed by atoms with Crippen molar-refractivity contribution in [1.82, 2.24) is 4.90 Å². The van der Waals surface area contributed by atoms with Crippen LogP contribution in [0.25, 0.3) is 0 Å². The van der Waals surface area contributed by atoms with Crippen LogP contribution < -0.4 is 9.47 Å². The van der Waals surface area contributed by atoms with Gasteiger partial charge in [0.1, 0.15) is 18.2 Å². The molecule has 1 aliphatic rings. The zero-order chi connectivity index (χ0) is 29.3. The van der Waals surface area contributed by atoms with Crippen LogP contribution >= 0.6 is 0 Å². The Morgan fingerprint density at radius 1 is 1.08 bits per heavy atom. The fourth-order valence-corrected chi connectivity index (χ4v) is 4.19. The summed E-state index contributed by atoms with van der Waals surface area (Å²) < 4.78 is 68.4. The molecular weight excluding hydrogens is 524 g/mol. The number of ketones is 1. The van der Waals surface area contributed by atoms with Crippen LogP contribution in [0.2, 0.25) is 0 Å². The van der Waals surface area contributed by atoms with Crippen molar-refractivity contribution in [1.29, 1.82) is 5.41 Å². The van der Waals surface area contributed by atoms with Crippen LogP contribution in [0.4, 0.5) is 17.6 Å². The first-order valence-corrected chi connectivity index (χ1v) is 12.2. The predicted octanol–water partition coefficient (Wildman–Crippen LogP) is 5.26. The van der Waals surface area contributed by atoms with Crippen molar-refractivity contribution in [3.8, 4) is 17.2 Å². The van der Waals surface area contributed by atoms with Gasteiger partial charge >= 0.3 is 12.1 Å². The average Bonchev–Trinajstić information content (AvgIpc) is 3.14. The Morgan fingerprint density at radius 2 is 1.72 bits per heavy atom. The van der Waals surface area contributed by atoms with Crippen molar-refractivity contribution < 1.29 is 46.5 Å². The number of phenolic OH excluding ortho intramolecular Hbond substituents is 1. The number of rotatable bonds is 9. The number of benzene rings is 2. The molecule has 0 aromatic heterocycles. The van der Waals surface area contributed by atoms with E-state index in [0.29, 0.717) is 5.56 Å². The maximum atomic E-state index is 15.3. The molecule has 0 radical (unpaired) electrons. The molecular formula is C27H30F4N2O6. The number of ether oxygens (including phenoxy) is 3. The highest BCUT2D eigenvalue weighted by molar-refractivity contribution is 6.06. The Bertz CT molecular complexity index is 1300. The summed E-state index contributed by atoms with van der Waals surface area (Å²) in [4.78, 5) is 25.9. The molecule has 212 valence electrons. The Balaban J connectivity index is 1.92. The maximum absolute atomic E-state index is 15.3. The zero-order valence-corrected chi connectivity index (χ0v) is 22.2. The summed E-state index contributed by atoms with van der Waals surface area (Å²) in [6, 6.07) is 4.11. The van der Waals surface area contributed by atoms with Gasteiger partial charge in [-0.15, -0.1) is 0 Å². The van der Waals surface area contributed by atoms with E-state index in [9.17, 15) is 27.9 Å². The summed E-state index contributed by atoms with van der Waals surface area (Å²) in [5.74, 6) is -4.33. The number of fused-ring (bicyclic) bond motifs is 1. The van der Waals surface area contributed by atoms with E-state index in [1.165, 1.54) is 11.0 Å². The number of alkyl halides is 3. The number of hydrogen-bond donors (Lipinski definition) is 2. The summed E-state index contributed by atoms with van der Waals surface area (Å²) in [6.07, 6.45) is -5.22. The minimum Gasteiger partial charge on any atom is -0.507 e. The first kappa shape index (κ1) is 29.7. The molecule has 1 heterocycles. The molecule has 2 aromatic carbocycles. The van der Waals surface area contributed by atoms with Gasteiger partial charge < -0.3 is 24.2 Å². The Hall–Kier alpha value is -3.83. The molecule has 0 bridgehead atoms. The van der Waals surface area contributed by atoms with Gasteiger partial charge in [0.2, 0.25) is 0 Å². The van der Waals surface area contributed by atoms with Gasteiger partial charge in [0.05, 0.1) is 25.3 Å². The topological polar surface area (TPSA) is 109 Å². The van der Waals surface area contributed by atoms with Crippen LogP contribution in [0.15, 0.2) is 18.2 Å². The van der Waals surface area contributed by atoms with Crippen LogP contribution in [0, 0.1) is 11.2 Å². The van der Waals surface area contributed by atoms with E-state index in [-0.39, 0.29) is 65.9 Å². The number of carbonyl (C=O) groups is 2. The summed E-state index contributed by atoms with van der Waals surface area (Å²) in [7, 11) is 0. The minimum absolute atomic E-state index is 0.0180. The molecule has 0 unspecified atom stereocenters. The molecule has 0 amide bonds. The van der Waals surface area contributed by atoms with Crippen molar-refractivity contribution in [2.45, 2.75) is 59.4 Å². The smallest absolute Gasteiger partial charge is 0.490 e. The lowest BCUT2D eigenvalue weighted by Crippen LogP contribution is -2.31. The number of carbonyl (C=O) groups excluding carboxylic acids is 2. The maximum Gasteiger partial charge on any atom is 0.490 e. The molecule has 0 saturated heterocycles. The number of phenols is 1. The Labute approximate surface area is 223 Å². The van der Waals surface area contributed by atoms with E-state index >= 15 is 4.39 Å². The highest BCUT2D eigenvalue weighted by atomic mass is 19.4. The van der Waals surface area contributed by atoms with Crippen molar-refractivity contribution in [2.24, 2.45) is 0 Å². The number of halogens is 4. The van der Waals surface area contributed by atoms with Gasteiger partial charge in [0.25, 0.3) is 0 Å². The molecule has 0 atom stereocenters. The van der Waals surface area contributed by atoms with Gasteiger partial charge in [0.15, 0.2) is 23.1 Å². The molecule has 0 saturated carbocycles. The Kier molecular flexibility index (Phi) is 8.47. The van der Waals surface area contributed by atoms with Crippen molar-refractivity contribution in [3.63, 3.8) is 0 Å². The van der Waals surface area contributed by atoms with Crippen LogP contribution in [0.1, 0.15) is 67.2 Å². The lowest BCUT2D eigenvalue weighted by atomic mass is 9.83. The van der Waals surface area contributed by atoms with E-state index in [1.54, 1.807) is 40.7 Å². The Morgan fingerprint density at radius 3 is 2.28 bits per heavy atom. The highest BCUT2D eigenvalue weighted by Gasteiger charge is 2.41. The van der Waals surface area contributed by atoms with Crippen LogP contribution in [-0.2, 0) is 28.1 Å². The van der Waals surface area contributed by atoms with E-state index in [0.717, 1.165) is 6.07 Å². The van der Waals surface area contributed by atoms with Crippen LogP contribution in [0.5, 0.6) is 17.2 Å². The lowest BCUT2D eigenvalue weighted by Gasteiger charge is -2.24. The number of nitrogens with one attached hydrogen (secondary N) is 1. The van der Waals surface area contributed by atoms with E-state index in [2.05, 4.69) is 4.74 Å². The summed E-state index contributed by atoms with van der Waals surface area (Å²) in [6.45, 7) is 7.77. The summed E-state index contributed by atoms with van der Waals surface area (Å²) >= 11 is 0. The SMILES string of the molecule is CCOc1cc2c(c(F)c1OCC)C(=N)N(CC(=O)c1cc(COC(=O)C(F)(F)F)c(O)c(C(C)(C)C)c1)C2. The third kappa shape index (κ3) is 6.26. The number of esters is 1. The van der Waals surface area contributed by atoms with Gasteiger partial charge in [-0.05, 0) is 43.0 Å². The molecule has 0 spiro atoms. The van der Waals surface area contributed by atoms with Gasteiger partial charge in [-0.25, -0.2) is 9.18 Å². The van der Waals surface area contributed by atoms with Crippen LogP contribution in [0.3, 0.4) is 0 Å². The molecule has 12 heteroatoms. The molecule has 8 nitrogen and oxygen atoms in total. The van der Waals surface area contributed by atoms with E-state index < -0.39 is 41.5 Å². The molecule has 1 aliphatic heterocycles. The first-order chi connectivity index (χ1) is 18.1. The monoisotopic (exact) mass is 554 g/mol. The van der Waals surface area contributed by atoms with Crippen molar-refractivity contribution in [3.05, 3.63) is 51.8 Å². The van der Waals surface area contributed by atoms with Gasteiger partial charge in [-0.2, -0.15) is 13.2 Å². The second kappa shape index (κ2) is 11.1. The summed E-state index contributed by atoms with van der Waals surface area (Å²) in [5.41, 5.74) is -0.232. The standard InChI is InChI=1S/C27H30F4N2O6/c1-6-37-19-10-15-11-33(24(32)20(15)21(28)23(19)38-7-2)12-18(34)14-8-16(13-39-25(36)27(29,30)31)22(35)17(9-14)26(3,4)5/h8-10,32,35H,6-7,11-13H2,1-5H3. The van der Waals surface area contributed by atoms with Gasteiger partial charge in [-0.3, -0.25) is 10.2 Å². The molecule has 0 fully saturated rings. The van der Waals surface area contributed by atoms with Crippen molar-refractivity contribution >= 4 is 17.6 Å². The molecule has 0 aliphatic carbocycles. The largest absolute Gasteiger partial charge is 0.507 e. The molecule has 3 rings (SSSR count). The summed E-state index contributed by atoms with van der Waals surface area (Å²) in [5, 5.41) is 19.2. The average molecular weight is 555 g/mol. The number of nitrogens with zero attached hydrogens (tertiary/aromatic N) is 1. The normalized spacial score (nSPS) is 13.4. The van der Waals surface area contributed by atoms with E-state index in [4.69, 9.17) is 14.9 Å². The number of hydrogen-bond acceptors (Lipinski definition) is 7. The third-order valence-corrected chi connectivity index (χ3v) is 6.02. The fourth-order valence-electron chi connectivity index (χ4n) is 4.19. The lowest BCUT2D eigenvalue weighted by molar-refractivity contribution is -0.201. The predicted molar refractivity (Wildman–Crippen MR) is 133 cm³/mol. The van der Waals surface area contributed by atoms with Crippen molar-refractivity contribution in [2.75, 3.05) is 19.8 Å². The van der Waals surface area contributed by atoms with Crippen LogP contribution in [-0.4, -0.2) is 53.5 Å². The second-order valence-corrected chi connectivity index (χ2v) is 9.90. The van der Waals surface area contributed by atoms with E-state index in [1.807, 2.05) is 0 Å². The number of aromatic hydroxyl groups is 1. The second-order valence-electron chi connectivity index (χ2n) is 9.90. The first-order valence-electron chi connectivity index (χ1n) is 12.2.